The number of nitrogens with zero attached hydrogens (tertiary/aromatic N) is 2. The van der Waals surface area contributed by atoms with Gasteiger partial charge in [-0.25, -0.2) is 0 Å². The van der Waals surface area contributed by atoms with Gasteiger partial charge in [-0.2, -0.15) is 0 Å². The Kier molecular flexibility index (Phi) is 9.90. The molecule has 294 valence electrons. The average molecular weight is 769 g/mol. The molecular weight excluding hydrogens is 717 g/mol. The van der Waals surface area contributed by atoms with Crippen LogP contribution in [0.1, 0.15) is 37.8 Å². The van der Waals surface area contributed by atoms with Gasteiger partial charge in [0, 0.05) is 43.7 Å². The van der Waals surface area contributed by atoms with E-state index in [1.807, 2.05) is 0 Å². The van der Waals surface area contributed by atoms with Crippen LogP contribution in [0.4, 0.5) is 0 Å². The number of aromatic nitrogens is 2. The summed E-state index contributed by atoms with van der Waals surface area (Å²) in [6, 6.07) is 49.4. The molecule has 58 heavy (non-hydrogen) atoms. The summed E-state index contributed by atoms with van der Waals surface area (Å²) < 4.78 is 28.2. The molecule has 0 spiro atoms. The van der Waals surface area contributed by atoms with E-state index in [-0.39, 0.29) is 10.8 Å². The molecule has 0 bridgehead atoms. The van der Waals surface area contributed by atoms with E-state index in [9.17, 15) is 0 Å². The Hall–Kier alpha value is -5.24. The highest BCUT2D eigenvalue weighted by molar-refractivity contribution is 6.10. The fourth-order valence-electron chi connectivity index (χ4n) is 9.07. The fourth-order valence-corrected chi connectivity index (χ4v) is 9.07. The summed E-state index contributed by atoms with van der Waals surface area (Å²) in [5.74, 6) is 0. The molecule has 2 fully saturated rings. The fraction of sp³-hybridized carbons (Fsp3) is 0.308. The van der Waals surface area contributed by atoms with Gasteiger partial charge in [-0.15, -0.1) is 0 Å². The van der Waals surface area contributed by atoms with Crippen LogP contribution in [0.25, 0.3) is 66.1 Å². The normalized spacial score (nSPS) is 16.0. The molecule has 0 atom stereocenters. The van der Waals surface area contributed by atoms with Crippen molar-refractivity contribution in [3.8, 4) is 22.5 Å². The molecular formula is C52H52N2O4. The minimum atomic E-state index is 0.211. The van der Waals surface area contributed by atoms with Crippen molar-refractivity contribution in [2.45, 2.75) is 39.5 Å². The summed E-state index contributed by atoms with van der Waals surface area (Å²) in [5.41, 5.74) is 12.5. The smallest absolute Gasteiger partial charge is 0.0566 e. The minimum Gasteiger partial charge on any atom is -0.380 e. The molecule has 2 aromatic heterocycles. The molecule has 0 aliphatic carbocycles. The van der Waals surface area contributed by atoms with Gasteiger partial charge in [0.25, 0.3) is 0 Å². The van der Waals surface area contributed by atoms with E-state index >= 15 is 0 Å². The zero-order valence-corrected chi connectivity index (χ0v) is 33.7. The van der Waals surface area contributed by atoms with Crippen LogP contribution in [-0.2, 0) is 31.8 Å². The summed E-state index contributed by atoms with van der Waals surface area (Å²) in [6.45, 7) is 10.7. The quantitative estimate of drug-likeness (QED) is 0.0975. The third kappa shape index (κ3) is 6.72. The highest BCUT2D eigenvalue weighted by atomic mass is 16.5. The largest absolute Gasteiger partial charge is 0.380 e. The van der Waals surface area contributed by atoms with Crippen molar-refractivity contribution in [3.05, 3.63) is 145 Å². The van der Waals surface area contributed by atoms with Crippen molar-refractivity contribution < 1.29 is 18.9 Å². The van der Waals surface area contributed by atoms with Gasteiger partial charge in [-0.1, -0.05) is 86.6 Å². The lowest BCUT2D eigenvalue weighted by atomic mass is 9.84. The van der Waals surface area contributed by atoms with Crippen LogP contribution in [0.15, 0.2) is 133 Å². The van der Waals surface area contributed by atoms with Gasteiger partial charge < -0.3 is 28.1 Å². The maximum Gasteiger partial charge on any atom is 0.0566 e. The Morgan fingerprint density at radius 2 is 0.897 bits per heavy atom. The molecule has 0 saturated carbocycles. The summed E-state index contributed by atoms with van der Waals surface area (Å²) in [7, 11) is 0. The van der Waals surface area contributed by atoms with Crippen molar-refractivity contribution in [1.82, 2.24) is 9.13 Å². The van der Waals surface area contributed by atoms with Crippen LogP contribution in [0.2, 0.25) is 0 Å². The van der Waals surface area contributed by atoms with Crippen LogP contribution < -0.4 is 0 Å². The second-order valence-electron chi connectivity index (χ2n) is 16.8. The Morgan fingerprint density at radius 3 is 1.31 bits per heavy atom. The predicted octanol–water partition coefficient (Wildman–Crippen LogP) is 11.5. The van der Waals surface area contributed by atoms with Crippen molar-refractivity contribution in [3.63, 3.8) is 0 Å². The monoisotopic (exact) mass is 768 g/mol. The Bertz CT molecular complexity index is 2550. The van der Waals surface area contributed by atoms with Crippen molar-refractivity contribution in [2.24, 2.45) is 10.8 Å². The van der Waals surface area contributed by atoms with E-state index < -0.39 is 0 Å². The van der Waals surface area contributed by atoms with Gasteiger partial charge in [-0.05, 0) is 109 Å². The maximum atomic E-state index is 6.18. The van der Waals surface area contributed by atoms with Crippen LogP contribution in [0.5, 0.6) is 0 Å². The second kappa shape index (κ2) is 15.5. The van der Waals surface area contributed by atoms with Crippen LogP contribution in [-0.4, -0.2) is 62.0 Å². The van der Waals surface area contributed by atoms with E-state index in [1.165, 1.54) is 65.9 Å². The highest BCUT2D eigenvalue weighted by Gasteiger charge is 2.37. The number of hydrogen-bond donors (Lipinski definition) is 0. The number of benzene rings is 6. The van der Waals surface area contributed by atoms with E-state index in [0.29, 0.717) is 13.2 Å². The molecule has 2 aliphatic rings. The standard InChI is InChI=1S/C52H52N2O4/c1-3-51(33-57-34-51)31-55-25-23-37-19-21-49-45(27-37)43-15-5-7-17-47(43)53(49)41-13-9-11-39(29-41)40-12-10-14-42(30-40)54-48-18-8-6-16-44(48)46-28-38(20-22-50(46)54)24-26-56-32-52(4-2)35-58-36-52/h5-22,27-30H,3-4,23-26,31-36H2,1-2H3. The SMILES string of the molecule is CCC1(COCCc2ccc3c(c2)c2ccccc2n3-c2cccc(-c3cccc(-n4c5ccccc5c5cc(CCOCC6(CC)COC6)ccc54)c3)c2)COC1. The number of fused-ring (bicyclic) bond motifs is 6. The van der Waals surface area contributed by atoms with Crippen molar-refractivity contribution in [1.29, 1.82) is 0 Å². The lowest BCUT2D eigenvalue weighted by Crippen LogP contribution is -2.45. The molecule has 0 unspecified atom stereocenters. The Balaban J connectivity index is 0.936. The first-order chi connectivity index (χ1) is 28.6. The second-order valence-corrected chi connectivity index (χ2v) is 16.8. The van der Waals surface area contributed by atoms with Crippen LogP contribution >= 0.6 is 0 Å². The lowest BCUT2D eigenvalue weighted by Gasteiger charge is -2.40. The van der Waals surface area contributed by atoms with Crippen molar-refractivity contribution >= 4 is 43.6 Å². The average Bonchev–Trinajstić information content (AvgIpc) is 3.75. The third-order valence-electron chi connectivity index (χ3n) is 13.0. The summed E-state index contributed by atoms with van der Waals surface area (Å²) in [4.78, 5) is 0. The van der Waals surface area contributed by atoms with Crippen molar-refractivity contribution in [2.75, 3.05) is 52.9 Å². The first kappa shape index (κ1) is 37.1. The molecule has 8 aromatic rings. The molecule has 6 aromatic carbocycles. The lowest BCUT2D eigenvalue weighted by molar-refractivity contribution is -0.149. The maximum absolute atomic E-state index is 6.18. The zero-order valence-electron chi connectivity index (χ0n) is 33.7. The number of hydrogen-bond acceptors (Lipinski definition) is 4. The molecule has 10 rings (SSSR count). The molecule has 6 nitrogen and oxygen atoms in total. The molecule has 0 N–H and O–H groups in total. The molecule has 6 heteroatoms. The molecule has 2 aliphatic heterocycles. The first-order valence-electron chi connectivity index (χ1n) is 21.1. The Labute approximate surface area is 340 Å². The number of ether oxygens (including phenoxy) is 4. The van der Waals surface area contributed by atoms with Gasteiger partial charge in [0.1, 0.15) is 0 Å². The summed E-state index contributed by atoms with van der Waals surface area (Å²) in [5, 5.41) is 5.07. The number of rotatable bonds is 15. The van der Waals surface area contributed by atoms with Gasteiger partial charge in [-0.3, -0.25) is 0 Å². The van der Waals surface area contributed by atoms with Crippen LogP contribution in [0.3, 0.4) is 0 Å². The molecule has 4 heterocycles. The highest BCUT2D eigenvalue weighted by Crippen LogP contribution is 2.37. The van der Waals surface area contributed by atoms with E-state index in [1.54, 1.807) is 0 Å². The zero-order chi connectivity index (χ0) is 39.1. The minimum absolute atomic E-state index is 0.211. The van der Waals surface area contributed by atoms with Gasteiger partial charge in [0.2, 0.25) is 0 Å². The summed E-state index contributed by atoms with van der Waals surface area (Å²) >= 11 is 0. The van der Waals surface area contributed by atoms with Crippen LogP contribution in [0, 0.1) is 10.8 Å². The van der Waals surface area contributed by atoms with E-state index in [4.69, 9.17) is 18.9 Å². The van der Waals surface area contributed by atoms with Gasteiger partial charge in [0.15, 0.2) is 0 Å². The Morgan fingerprint density at radius 1 is 0.466 bits per heavy atom. The summed E-state index contributed by atoms with van der Waals surface area (Å²) in [6.07, 6.45) is 3.98. The first-order valence-corrected chi connectivity index (χ1v) is 21.1. The topological polar surface area (TPSA) is 46.8 Å². The predicted molar refractivity (Wildman–Crippen MR) is 237 cm³/mol. The molecule has 0 amide bonds. The molecule has 2 saturated heterocycles. The van der Waals surface area contributed by atoms with E-state index in [2.05, 4.69) is 156 Å². The molecule has 0 radical (unpaired) electrons. The third-order valence-corrected chi connectivity index (χ3v) is 13.0. The number of para-hydroxylation sites is 2. The van der Waals surface area contributed by atoms with Gasteiger partial charge >= 0.3 is 0 Å². The van der Waals surface area contributed by atoms with Gasteiger partial charge in [0.05, 0.1) is 74.9 Å². The van der Waals surface area contributed by atoms with E-state index in [0.717, 1.165) is 76.7 Å².